The van der Waals surface area contributed by atoms with Gasteiger partial charge in [-0.05, 0) is 18.8 Å². The van der Waals surface area contributed by atoms with E-state index in [0.29, 0.717) is 12.3 Å². The van der Waals surface area contributed by atoms with Gasteiger partial charge >= 0.3 is 0 Å². The summed E-state index contributed by atoms with van der Waals surface area (Å²) in [7, 11) is 0. The molecule has 1 saturated carbocycles. The second kappa shape index (κ2) is 5.13. The van der Waals surface area contributed by atoms with Gasteiger partial charge in [0.25, 0.3) is 0 Å². The lowest BCUT2D eigenvalue weighted by Crippen LogP contribution is -2.36. The fourth-order valence-electron chi connectivity index (χ4n) is 2.58. The number of nitrogens with two attached hydrogens (primary N) is 1. The zero-order valence-corrected chi connectivity index (χ0v) is 12.1. The van der Waals surface area contributed by atoms with Crippen molar-refractivity contribution in [2.24, 2.45) is 0 Å². The molecule has 1 aliphatic carbocycles. The molecule has 0 atom stereocenters. The van der Waals surface area contributed by atoms with Gasteiger partial charge < -0.3 is 15.4 Å². The molecule has 0 aromatic carbocycles. The Hall–Kier alpha value is -1.07. The molecule has 0 radical (unpaired) electrons. The number of morpholine rings is 1. The number of nitrogen functional groups attached to an aromatic ring is 1. The van der Waals surface area contributed by atoms with Gasteiger partial charge in [-0.25, -0.2) is 0 Å². The molecule has 1 aliphatic heterocycles. The Bertz CT molecular complexity index is 488. The SMILES string of the molecule is CCC(=O)c1sc(N2CCOCC2)c(C2CC2)c1N. The molecule has 2 fully saturated rings. The van der Waals surface area contributed by atoms with Crippen LogP contribution in [0.4, 0.5) is 10.7 Å². The normalized spacial score (nSPS) is 19.7. The Morgan fingerprint density at radius 2 is 2.11 bits per heavy atom. The highest BCUT2D eigenvalue weighted by Crippen LogP contribution is 2.52. The van der Waals surface area contributed by atoms with Crippen LogP contribution >= 0.6 is 11.3 Å². The van der Waals surface area contributed by atoms with Crippen LogP contribution in [0.15, 0.2) is 0 Å². The number of ketones is 1. The molecule has 0 bridgehead atoms. The maximum atomic E-state index is 12.0. The molecule has 104 valence electrons. The molecule has 3 rings (SSSR count). The first-order valence-electron chi connectivity index (χ1n) is 7.00. The Labute approximate surface area is 117 Å². The third kappa shape index (κ3) is 2.37. The summed E-state index contributed by atoms with van der Waals surface area (Å²) < 4.78 is 5.41. The van der Waals surface area contributed by atoms with E-state index in [1.165, 1.54) is 23.4 Å². The molecule has 1 saturated heterocycles. The van der Waals surface area contributed by atoms with E-state index in [-0.39, 0.29) is 5.78 Å². The molecule has 0 amide bonds. The molecule has 0 spiro atoms. The summed E-state index contributed by atoms with van der Waals surface area (Å²) >= 11 is 1.59. The fraction of sp³-hybridized carbons (Fsp3) is 0.643. The van der Waals surface area contributed by atoms with Crippen molar-refractivity contribution < 1.29 is 9.53 Å². The predicted octanol–water partition coefficient (Wildman–Crippen LogP) is 2.64. The maximum Gasteiger partial charge on any atom is 0.174 e. The quantitative estimate of drug-likeness (QED) is 0.861. The van der Waals surface area contributed by atoms with Gasteiger partial charge in [0.2, 0.25) is 0 Å². The van der Waals surface area contributed by atoms with E-state index in [9.17, 15) is 4.79 Å². The van der Waals surface area contributed by atoms with Crippen molar-refractivity contribution in [1.82, 2.24) is 0 Å². The van der Waals surface area contributed by atoms with Gasteiger partial charge in [-0.15, -0.1) is 11.3 Å². The van der Waals surface area contributed by atoms with Gasteiger partial charge in [0.1, 0.15) is 0 Å². The standard InChI is InChI=1S/C14H20N2O2S/c1-2-10(17)13-12(15)11(9-3-4-9)14(19-13)16-5-7-18-8-6-16/h9H,2-8,15H2,1H3. The first-order valence-corrected chi connectivity index (χ1v) is 7.82. The highest BCUT2D eigenvalue weighted by atomic mass is 32.1. The fourth-order valence-corrected chi connectivity index (χ4v) is 3.95. The number of ether oxygens (including phenoxy) is 1. The molecule has 2 heterocycles. The number of hydrogen-bond donors (Lipinski definition) is 1. The lowest BCUT2D eigenvalue weighted by atomic mass is 10.1. The summed E-state index contributed by atoms with van der Waals surface area (Å²) in [5, 5.41) is 1.22. The van der Waals surface area contributed by atoms with E-state index >= 15 is 0 Å². The summed E-state index contributed by atoms with van der Waals surface area (Å²) in [6, 6.07) is 0. The second-order valence-electron chi connectivity index (χ2n) is 5.21. The number of Topliss-reactive ketones (excluding diaryl/α,β-unsaturated/α-hetero) is 1. The van der Waals surface area contributed by atoms with Crippen molar-refractivity contribution in [2.45, 2.75) is 32.1 Å². The zero-order valence-electron chi connectivity index (χ0n) is 11.3. The summed E-state index contributed by atoms with van der Waals surface area (Å²) in [6.07, 6.45) is 2.94. The van der Waals surface area contributed by atoms with Crippen LogP contribution in [-0.2, 0) is 4.74 Å². The topological polar surface area (TPSA) is 55.6 Å². The van der Waals surface area contributed by atoms with Crippen LogP contribution < -0.4 is 10.6 Å². The zero-order chi connectivity index (χ0) is 13.4. The van der Waals surface area contributed by atoms with E-state index < -0.39 is 0 Å². The number of thiophene rings is 1. The van der Waals surface area contributed by atoms with Crippen LogP contribution in [0.2, 0.25) is 0 Å². The van der Waals surface area contributed by atoms with Gasteiger partial charge in [0, 0.05) is 25.1 Å². The van der Waals surface area contributed by atoms with E-state index in [2.05, 4.69) is 4.90 Å². The lowest BCUT2D eigenvalue weighted by molar-refractivity contribution is 0.0993. The van der Waals surface area contributed by atoms with Gasteiger partial charge in [-0.2, -0.15) is 0 Å². The van der Waals surface area contributed by atoms with Crippen LogP contribution in [0.5, 0.6) is 0 Å². The first-order chi connectivity index (χ1) is 9.22. The number of rotatable bonds is 4. The second-order valence-corrected chi connectivity index (χ2v) is 6.21. The number of hydrogen-bond acceptors (Lipinski definition) is 5. The van der Waals surface area contributed by atoms with Crippen molar-refractivity contribution in [2.75, 3.05) is 36.9 Å². The van der Waals surface area contributed by atoms with Crippen molar-refractivity contribution >= 4 is 27.8 Å². The van der Waals surface area contributed by atoms with Crippen LogP contribution in [0.1, 0.15) is 47.3 Å². The van der Waals surface area contributed by atoms with E-state index in [0.717, 1.165) is 36.9 Å². The van der Waals surface area contributed by atoms with E-state index in [1.54, 1.807) is 11.3 Å². The minimum absolute atomic E-state index is 0.170. The minimum atomic E-state index is 0.170. The molecule has 2 aliphatic rings. The molecular formula is C14H20N2O2S. The van der Waals surface area contributed by atoms with Crippen LogP contribution in [-0.4, -0.2) is 32.1 Å². The van der Waals surface area contributed by atoms with Gasteiger partial charge in [-0.1, -0.05) is 6.92 Å². The molecule has 0 unspecified atom stereocenters. The van der Waals surface area contributed by atoms with Crippen molar-refractivity contribution in [3.8, 4) is 0 Å². The van der Waals surface area contributed by atoms with E-state index in [1.807, 2.05) is 6.92 Å². The summed E-state index contributed by atoms with van der Waals surface area (Å²) in [6.45, 7) is 5.23. The number of carbonyl (C=O) groups is 1. The first kappa shape index (κ1) is 12.9. The summed E-state index contributed by atoms with van der Waals surface area (Å²) in [5.74, 6) is 0.747. The monoisotopic (exact) mass is 280 g/mol. The van der Waals surface area contributed by atoms with Gasteiger partial charge in [0.15, 0.2) is 5.78 Å². The van der Waals surface area contributed by atoms with Gasteiger partial charge in [-0.3, -0.25) is 4.79 Å². The average Bonchev–Trinajstić information content (AvgIpc) is 3.22. The molecular weight excluding hydrogens is 260 g/mol. The third-order valence-corrected chi connectivity index (χ3v) is 5.15. The highest BCUT2D eigenvalue weighted by molar-refractivity contribution is 7.19. The van der Waals surface area contributed by atoms with Crippen LogP contribution in [0, 0.1) is 0 Å². The van der Waals surface area contributed by atoms with Crippen molar-refractivity contribution in [3.05, 3.63) is 10.4 Å². The number of anilines is 2. The van der Waals surface area contributed by atoms with Crippen molar-refractivity contribution in [1.29, 1.82) is 0 Å². The minimum Gasteiger partial charge on any atom is -0.397 e. The Balaban J connectivity index is 1.99. The van der Waals surface area contributed by atoms with Crippen LogP contribution in [0.25, 0.3) is 0 Å². The average molecular weight is 280 g/mol. The molecule has 19 heavy (non-hydrogen) atoms. The largest absolute Gasteiger partial charge is 0.397 e. The number of carbonyl (C=O) groups excluding carboxylic acids is 1. The lowest BCUT2D eigenvalue weighted by Gasteiger charge is -2.28. The van der Waals surface area contributed by atoms with Crippen LogP contribution in [0.3, 0.4) is 0 Å². The molecule has 1 aromatic heterocycles. The van der Waals surface area contributed by atoms with Crippen molar-refractivity contribution in [3.63, 3.8) is 0 Å². The smallest absolute Gasteiger partial charge is 0.174 e. The number of nitrogens with zero attached hydrogens (tertiary/aromatic N) is 1. The summed E-state index contributed by atoms with van der Waals surface area (Å²) in [4.78, 5) is 15.1. The molecule has 1 aromatic rings. The maximum absolute atomic E-state index is 12.0. The Kier molecular flexibility index (Phi) is 3.50. The predicted molar refractivity (Wildman–Crippen MR) is 78.4 cm³/mol. The Morgan fingerprint density at radius 1 is 1.42 bits per heavy atom. The van der Waals surface area contributed by atoms with E-state index in [4.69, 9.17) is 10.5 Å². The van der Waals surface area contributed by atoms with Gasteiger partial charge in [0.05, 0.1) is 28.8 Å². The molecule has 2 N–H and O–H groups in total. The molecule has 5 heteroatoms. The Morgan fingerprint density at radius 3 is 2.68 bits per heavy atom. The summed E-state index contributed by atoms with van der Waals surface area (Å²) in [5.41, 5.74) is 8.25. The molecule has 4 nitrogen and oxygen atoms in total. The third-order valence-electron chi connectivity index (χ3n) is 3.82. The highest BCUT2D eigenvalue weighted by Gasteiger charge is 2.34.